The van der Waals surface area contributed by atoms with Crippen LogP contribution in [-0.2, 0) is 22.5 Å². The molecular formula is C26H34N4O5. The highest BCUT2D eigenvalue weighted by Gasteiger charge is 2.49. The molecular weight excluding hydrogens is 448 g/mol. The van der Waals surface area contributed by atoms with Gasteiger partial charge >= 0.3 is 5.97 Å². The Balaban J connectivity index is 1.61. The summed E-state index contributed by atoms with van der Waals surface area (Å²) in [6.07, 6.45) is 7.26. The average Bonchev–Trinajstić information content (AvgIpc) is 3.29. The van der Waals surface area contributed by atoms with Gasteiger partial charge in [-0.15, -0.1) is 0 Å². The van der Waals surface area contributed by atoms with Crippen molar-refractivity contribution < 1.29 is 23.9 Å². The van der Waals surface area contributed by atoms with Crippen molar-refractivity contribution >= 4 is 17.8 Å². The van der Waals surface area contributed by atoms with Crippen molar-refractivity contribution in [1.29, 1.82) is 0 Å². The molecule has 9 heteroatoms. The minimum Gasteiger partial charge on any atom is -0.494 e. The molecule has 1 aliphatic heterocycles. The van der Waals surface area contributed by atoms with Crippen molar-refractivity contribution in [2.45, 2.75) is 70.5 Å². The molecule has 0 spiro atoms. The molecule has 1 saturated carbocycles. The predicted molar refractivity (Wildman–Crippen MR) is 129 cm³/mol. The molecule has 188 valence electrons. The van der Waals surface area contributed by atoms with Gasteiger partial charge in [-0.05, 0) is 50.8 Å². The first-order valence-electron chi connectivity index (χ1n) is 12.4. The molecule has 1 aromatic carbocycles. The van der Waals surface area contributed by atoms with Gasteiger partial charge in [-0.2, -0.15) is 0 Å². The number of hydrogen-bond acceptors (Lipinski definition) is 6. The number of benzene rings is 1. The molecule has 1 unspecified atom stereocenters. The average molecular weight is 483 g/mol. The van der Waals surface area contributed by atoms with Crippen LogP contribution < -0.4 is 10.1 Å². The van der Waals surface area contributed by atoms with E-state index in [0.717, 1.165) is 37.0 Å². The second kappa shape index (κ2) is 10.5. The maximum absolute atomic E-state index is 13.7. The number of carbonyl (C=O) groups is 3. The van der Waals surface area contributed by atoms with Crippen LogP contribution in [0.1, 0.15) is 72.5 Å². The lowest BCUT2D eigenvalue weighted by Gasteiger charge is -2.44. The first-order chi connectivity index (χ1) is 16.9. The number of nitrogens with zero attached hydrogens (tertiary/aromatic N) is 3. The smallest absolute Gasteiger partial charge is 0.359 e. The molecule has 1 atom stereocenters. The van der Waals surface area contributed by atoms with Crippen LogP contribution in [-0.4, -0.2) is 64.1 Å². The molecule has 1 N–H and O–H groups in total. The second-order valence-electron chi connectivity index (χ2n) is 9.43. The molecule has 9 nitrogen and oxygen atoms in total. The molecule has 2 amide bonds. The van der Waals surface area contributed by atoms with Crippen LogP contribution in [0.2, 0.25) is 0 Å². The Morgan fingerprint density at radius 1 is 1.17 bits per heavy atom. The number of amides is 2. The number of imidazole rings is 1. The highest BCUT2D eigenvalue weighted by molar-refractivity contribution is 6.06. The first kappa shape index (κ1) is 24.8. The normalized spacial score (nSPS) is 20.3. The van der Waals surface area contributed by atoms with Gasteiger partial charge in [0.2, 0.25) is 5.91 Å². The Bertz CT molecular complexity index is 1070. The summed E-state index contributed by atoms with van der Waals surface area (Å²) in [5.74, 6) is -0.466. The number of esters is 1. The number of methoxy groups -OCH3 is 1. The summed E-state index contributed by atoms with van der Waals surface area (Å²) in [6.45, 7) is 4.84. The Morgan fingerprint density at radius 2 is 1.89 bits per heavy atom. The van der Waals surface area contributed by atoms with E-state index >= 15 is 0 Å². The van der Waals surface area contributed by atoms with Crippen LogP contribution in [0.25, 0.3) is 0 Å². The Labute approximate surface area is 205 Å². The lowest BCUT2D eigenvalue weighted by Crippen LogP contribution is -2.65. The van der Waals surface area contributed by atoms with Crippen LogP contribution in [0, 0.1) is 0 Å². The summed E-state index contributed by atoms with van der Waals surface area (Å²) in [5.41, 5.74) is 0.0225. The quantitative estimate of drug-likeness (QED) is 0.581. The summed E-state index contributed by atoms with van der Waals surface area (Å²) in [5, 5.41) is 3.20. The van der Waals surface area contributed by atoms with E-state index in [4.69, 9.17) is 9.47 Å². The third-order valence-electron chi connectivity index (χ3n) is 7.03. The molecule has 4 rings (SSSR count). The van der Waals surface area contributed by atoms with Crippen molar-refractivity contribution in [3.05, 3.63) is 47.5 Å². The number of aromatic nitrogens is 2. The van der Waals surface area contributed by atoms with E-state index in [1.807, 2.05) is 31.2 Å². The molecule has 35 heavy (non-hydrogen) atoms. The molecule has 2 heterocycles. The predicted octanol–water partition coefficient (Wildman–Crippen LogP) is 2.97. The summed E-state index contributed by atoms with van der Waals surface area (Å²) < 4.78 is 11.9. The number of carbonyl (C=O) groups excluding carboxylic acids is 3. The summed E-state index contributed by atoms with van der Waals surface area (Å²) in [4.78, 5) is 45.4. The lowest BCUT2D eigenvalue weighted by atomic mass is 9.91. The molecule has 0 bridgehead atoms. The third-order valence-corrected chi connectivity index (χ3v) is 7.03. The fourth-order valence-electron chi connectivity index (χ4n) is 5.03. The number of hydrogen-bond donors (Lipinski definition) is 1. The second-order valence-corrected chi connectivity index (χ2v) is 9.43. The highest BCUT2D eigenvalue weighted by Crippen LogP contribution is 2.30. The number of nitrogens with one attached hydrogen (secondary N) is 1. The van der Waals surface area contributed by atoms with Crippen molar-refractivity contribution in [2.75, 3.05) is 20.3 Å². The zero-order valence-corrected chi connectivity index (χ0v) is 20.7. The monoisotopic (exact) mass is 482 g/mol. The molecule has 2 aromatic rings. The van der Waals surface area contributed by atoms with E-state index < -0.39 is 17.4 Å². The van der Waals surface area contributed by atoms with Crippen LogP contribution >= 0.6 is 0 Å². The van der Waals surface area contributed by atoms with Crippen LogP contribution in [0.15, 0.2) is 30.6 Å². The zero-order valence-electron chi connectivity index (χ0n) is 20.7. The maximum atomic E-state index is 13.7. The van der Waals surface area contributed by atoms with Gasteiger partial charge in [-0.25, -0.2) is 9.78 Å². The van der Waals surface area contributed by atoms with Gasteiger partial charge in [0, 0.05) is 12.6 Å². The van der Waals surface area contributed by atoms with E-state index in [0.29, 0.717) is 19.6 Å². The maximum Gasteiger partial charge on any atom is 0.359 e. The van der Waals surface area contributed by atoms with E-state index in [1.165, 1.54) is 19.9 Å². The summed E-state index contributed by atoms with van der Waals surface area (Å²) >= 11 is 0. The van der Waals surface area contributed by atoms with Crippen molar-refractivity contribution in [2.24, 2.45) is 0 Å². The van der Waals surface area contributed by atoms with Crippen LogP contribution in [0.3, 0.4) is 0 Å². The fraction of sp³-hybridized carbons (Fsp3) is 0.538. The molecule has 1 aromatic heterocycles. The molecule has 1 aliphatic carbocycles. The summed E-state index contributed by atoms with van der Waals surface area (Å²) in [6, 6.07) is 7.84. The van der Waals surface area contributed by atoms with Gasteiger partial charge in [0.05, 0.1) is 26.6 Å². The molecule has 0 saturated heterocycles. The molecule has 2 aliphatic rings. The van der Waals surface area contributed by atoms with Gasteiger partial charge in [0.1, 0.15) is 17.0 Å². The van der Waals surface area contributed by atoms with Gasteiger partial charge < -0.3 is 24.3 Å². The Morgan fingerprint density at radius 3 is 2.54 bits per heavy atom. The number of fused-ring (bicyclic) bond motifs is 1. The minimum atomic E-state index is -1.12. The first-order valence-corrected chi connectivity index (χ1v) is 12.4. The van der Waals surface area contributed by atoms with Gasteiger partial charge in [-0.3, -0.25) is 9.59 Å². The van der Waals surface area contributed by atoms with E-state index in [1.54, 1.807) is 16.4 Å². The number of ether oxygens (including phenoxy) is 2. The van der Waals surface area contributed by atoms with Crippen molar-refractivity contribution in [3.63, 3.8) is 0 Å². The molecule has 1 fully saturated rings. The van der Waals surface area contributed by atoms with E-state index in [9.17, 15) is 14.4 Å². The van der Waals surface area contributed by atoms with Gasteiger partial charge in [-0.1, -0.05) is 31.4 Å². The van der Waals surface area contributed by atoms with Gasteiger partial charge in [0.25, 0.3) is 5.91 Å². The Kier molecular flexibility index (Phi) is 7.42. The lowest BCUT2D eigenvalue weighted by molar-refractivity contribution is -0.133. The van der Waals surface area contributed by atoms with Crippen molar-refractivity contribution in [3.8, 4) is 5.75 Å². The highest BCUT2D eigenvalue weighted by atomic mass is 16.5. The minimum absolute atomic E-state index is 0.0293. The zero-order chi connectivity index (χ0) is 25.0. The largest absolute Gasteiger partial charge is 0.494 e. The standard InChI is InChI=1S/C26H34N4O5/c1-4-35-20-12-10-18(11-13-20)14-15-30-23(31)22-21(24(32)34-3)27-17-29(22)16-26(30,2)25(33)28-19-8-6-5-7-9-19/h10-13,17,19H,4-9,14-16H2,1-3H3,(H,28,33). The fourth-order valence-corrected chi connectivity index (χ4v) is 5.03. The van der Waals surface area contributed by atoms with E-state index in [-0.39, 0.29) is 29.9 Å². The molecule has 0 radical (unpaired) electrons. The topological polar surface area (TPSA) is 103 Å². The number of rotatable bonds is 8. The van der Waals surface area contributed by atoms with Crippen molar-refractivity contribution in [1.82, 2.24) is 19.8 Å². The van der Waals surface area contributed by atoms with Crippen LogP contribution in [0.4, 0.5) is 0 Å². The van der Waals surface area contributed by atoms with Crippen LogP contribution in [0.5, 0.6) is 5.75 Å². The third kappa shape index (κ3) is 5.04. The van der Waals surface area contributed by atoms with E-state index in [2.05, 4.69) is 10.3 Å². The Hall–Kier alpha value is -3.36. The van der Waals surface area contributed by atoms with Gasteiger partial charge in [0.15, 0.2) is 5.69 Å². The summed E-state index contributed by atoms with van der Waals surface area (Å²) in [7, 11) is 1.26. The SMILES string of the molecule is CCOc1ccc(CCN2C(=O)c3c(C(=O)OC)ncn3CC2(C)C(=O)NC2CCCCC2)cc1.